The van der Waals surface area contributed by atoms with E-state index in [-0.39, 0.29) is 24.9 Å². The minimum Gasteiger partial charge on any atom is -0.394 e. The lowest BCUT2D eigenvalue weighted by molar-refractivity contribution is -0.175. The van der Waals surface area contributed by atoms with Gasteiger partial charge in [0.05, 0.1) is 13.2 Å². The molecule has 0 aliphatic carbocycles. The van der Waals surface area contributed by atoms with Crippen LogP contribution in [0.5, 0.6) is 0 Å². The summed E-state index contributed by atoms with van der Waals surface area (Å²) in [7, 11) is 0. The highest BCUT2D eigenvalue weighted by Gasteiger charge is 2.49. The zero-order valence-corrected chi connectivity index (χ0v) is 10.2. The highest BCUT2D eigenvalue weighted by Crippen LogP contribution is 2.35. The molecule has 2 aliphatic heterocycles. The van der Waals surface area contributed by atoms with Gasteiger partial charge in [-0.2, -0.15) is 0 Å². The van der Waals surface area contributed by atoms with Crippen molar-refractivity contribution in [2.75, 3.05) is 13.2 Å². The standard InChI is InChI=1S/C11H20O5/c1-10(2)13-6-8(15-10)9-7(5-12)14-11(3,4)16-9/h7-9,12H,5-6H2,1-4H3/t7-,8+,9+/m1/s1. The molecule has 16 heavy (non-hydrogen) atoms. The summed E-state index contributed by atoms with van der Waals surface area (Å²) in [4.78, 5) is 0. The first-order valence-corrected chi connectivity index (χ1v) is 5.61. The molecule has 1 N–H and O–H groups in total. The molecule has 0 bridgehead atoms. The number of hydrogen-bond acceptors (Lipinski definition) is 5. The predicted molar refractivity (Wildman–Crippen MR) is 55.8 cm³/mol. The Morgan fingerprint density at radius 3 is 2.25 bits per heavy atom. The molecule has 0 aromatic heterocycles. The van der Waals surface area contributed by atoms with Gasteiger partial charge in [-0.1, -0.05) is 0 Å². The van der Waals surface area contributed by atoms with Crippen LogP contribution in [0.3, 0.4) is 0 Å². The average Bonchev–Trinajstić information content (AvgIpc) is 2.65. The Bertz CT molecular complexity index is 263. The van der Waals surface area contributed by atoms with E-state index in [1.165, 1.54) is 0 Å². The summed E-state index contributed by atoms with van der Waals surface area (Å²) in [6, 6.07) is 0. The fraction of sp³-hybridized carbons (Fsp3) is 1.00. The molecule has 2 saturated heterocycles. The van der Waals surface area contributed by atoms with Crippen LogP contribution in [-0.4, -0.2) is 48.2 Å². The molecule has 0 radical (unpaired) electrons. The molecule has 0 aromatic rings. The van der Waals surface area contributed by atoms with Crippen molar-refractivity contribution in [2.45, 2.75) is 57.6 Å². The lowest BCUT2D eigenvalue weighted by Crippen LogP contribution is -2.39. The van der Waals surface area contributed by atoms with E-state index in [9.17, 15) is 5.11 Å². The largest absolute Gasteiger partial charge is 0.394 e. The first-order valence-electron chi connectivity index (χ1n) is 5.61. The van der Waals surface area contributed by atoms with Crippen molar-refractivity contribution in [3.63, 3.8) is 0 Å². The van der Waals surface area contributed by atoms with Crippen LogP contribution in [0.1, 0.15) is 27.7 Å². The summed E-state index contributed by atoms with van der Waals surface area (Å²) in [6.45, 7) is 7.78. The van der Waals surface area contributed by atoms with Crippen LogP contribution in [0.15, 0.2) is 0 Å². The summed E-state index contributed by atoms with van der Waals surface area (Å²) < 4.78 is 22.5. The second-order valence-electron chi connectivity index (χ2n) is 5.19. The van der Waals surface area contributed by atoms with Gasteiger partial charge in [-0.05, 0) is 27.7 Å². The zero-order chi connectivity index (χ0) is 12.0. The Hall–Kier alpha value is -0.200. The van der Waals surface area contributed by atoms with Gasteiger partial charge in [-0.15, -0.1) is 0 Å². The number of aliphatic hydroxyl groups is 1. The van der Waals surface area contributed by atoms with Gasteiger partial charge in [-0.25, -0.2) is 0 Å². The zero-order valence-electron chi connectivity index (χ0n) is 10.2. The summed E-state index contributed by atoms with van der Waals surface area (Å²) >= 11 is 0. The van der Waals surface area contributed by atoms with Crippen LogP contribution in [0.4, 0.5) is 0 Å². The van der Waals surface area contributed by atoms with Crippen LogP contribution >= 0.6 is 0 Å². The molecule has 0 spiro atoms. The van der Waals surface area contributed by atoms with E-state index < -0.39 is 11.6 Å². The lowest BCUT2D eigenvalue weighted by Gasteiger charge is -2.23. The second kappa shape index (κ2) is 3.92. The summed E-state index contributed by atoms with van der Waals surface area (Å²) in [6.07, 6.45) is -0.812. The van der Waals surface area contributed by atoms with Gasteiger partial charge in [0.2, 0.25) is 0 Å². The smallest absolute Gasteiger partial charge is 0.164 e. The maximum Gasteiger partial charge on any atom is 0.164 e. The normalized spacial score (nSPS) is 41.4. The number of ether oxygens (including phenoxy) is 4. The van der Waals surface area contributed by atoms with Gasteiger partial charge >= 0.3 is 0 Å². The van der Waals surface area contributed by atoms with Gasteiger partial charge in [0, 0.05) is 0 Å². The Morgan fingerprint density at radius 2 is 1.75 bits per heavy atom. The Labute approximate surface area is 95.6 Å². The van der Waals surface area contributed by atoms with Crippen LogP contribution in [0, 0.1) is 0 Å². The van der Waals surface area contributed by atoms with Crippen molar-refractivity contribution in [2.24, 2.45) is 0 Å². The van der Waals surface area contributed by atoms with E-state index >= 15 is 0 Å². The van der Waals surface area contributed by atoms with E-state index in [4.69, 9.17) is 18.9 Å². The Balaban J connectivity index is 2.04. The molecule has 5 heteroatoms. The van der Waals surface area contributed by atoms with E-state index in [0.717, 1.165) is 0 Å². The molecule has 5 nitrogen and oxygen atoms in total. The maximum atomic E-state index is 9.26. The summed E-state index contributed by atoms with van der Waals surface area (Å²) in [5, 5.41) is 9.26. The highest BCUT2D eigenvalue weighted by atomic mass is 16.8. The van der Waals surface area contributed by atoms with E-state index in [0.29, 0.717) is 6.61 Å². The van der Waals surface area contributed by atoms with Gasteiger partial charge in [0.15, 0.2) is 11.6 Å². The maximum absolute atomic E-state index is 9.26. The van der Waals surface area contributed by atoms with Crippen molar-refractivity contribution in [3.8, 4) is 0 Å². The van der Waals surface area contributed by atoms with Crippen molar-refractivity contribution in [3.05, 3.63) is 0 Å². The van der Waals surface area contributed by atoms with Crippen LogP contribution < -0.4 is 0 Å². The molecular weight excluding hydrogens is 212 g/mol. The minimum atomic E-state index is -0.672. The minimum absolute atomic E-state index is 0.0750. The first-order chi connectivity index (χ1) is 7.33. The molecular formula is C11H20O5. The first kappa shape index (κ1) is 12.3. The third kappa shape index (κ3) is 2.38. The fourth-order valence-electron chi connectivity index (χ4n) is 2.20. The van der Waals surface area contributed by atoms with Gasteiger partial charge < -0.3 is 24.1 Å². The molecule has 2 heterocycles. The van der Waals surface area contributed by atoms with Gasteiger partial charge in [-0.3, -0.25) is 0 Å². The van der Waals surface area contributed by atoms with Crippen molar-refractivity contribution in [1.29, 1.82) is 0 Å². The Morgan fingerprint density at radius 1 is 1.06 bits per heavy atom. The van der Waals surface area contributed by atoms with Crippen LogP contribution in [-0.2, 0) is 18.9 Å². The van der Waals surface area contributed by atoms with E-state index in [1.54, 1.807) is 0 Å². The molecule has 0 amide bonds. The third-order valence-corrected chi connectivity index (χ3v) is 2.80. The number of hydrogen-bond donors (Lipinski definition) is 1. The molecule has 2 fully saturated rings. The molecule has 3 atom stereocenters. The average molecular weight is 232 g/mol. The third-order valence-electron chi connectivity index (χ3n) is 2.80. The van der Waals surface area contributed by atoms with E-state index in [2.05, 4.69) is 0 Å². The quantitative estimate of drug-likeness (QED) is 0.757. The second-order valence-corrected chi connectivity index (χ2v) is 5.19. The molecule has 2 rings (SSSR count). The summed E-state index contributed by atoms with van der Waals surface area (Å²) in [5.74, 6) is -1.26. The van der Waals surface area contributed by atoms with Crippen molar-refractivity contribution < 1.29 is 24.1 Å². The Kier molecular flexibility index (Phi) is 3.01. The predicted octanol–water partition coefficient (Wildman–Crippen LogP) is 0.650. The van der Waals surface area contributed by atoms with Crippen LogP contribution in [0.25, 0.3) is 0 Å². The molecule has 94 valence electrons. The number of rotatable bonds is 2. The molecule has 0 unspecified atom stereocenters. The van der Waals surface area contributed by atoms with Crippen molar-refractivity contribution >= 4 is 0 Å². The summed E-state index contributed by atoms with van der Waals surface area (Å²) in [5.41, 5.74) is 0. The SMILES string of the molecule is CC1(C)OC[C@@H]([C@H]2OC(C)(C)O[C@@H]2CO)O1. The van der Waals surface area contributed by atoms with Gasteiger partial charge in [0.25, 0.3) is 0 Å². The molecule has 0 saturated carbocycles. The van der Waals surface area contributed by atoms with Crippen LogP contribution in [0.2, 0.25) is 0 Å². The lowest BCUT2D eigenvalue weighted by atomic mass is 10.1. The fourth-order valence-corrected chi connectivity index (χ4v) is 2.20. The van der Waals surface area contributed by atoms with Crippen molar-refractivity contribution in [1.82, 2.24) is 0 Å². The van der Waals surface area contributed by atoms with E-state index in [1.807, 2.05) is 27.7 Å². The van der Waals surface area contributed by atoms with Gasteiger partial charge in [0.1, 0.15) is 18.3 Å². The number of aliphatic hydroxyl groups excluding tert-OH is 1. The highest BCUT2D eigenvalue weighted by molar-refractivity contribution is 4.90. The molecule has 0 aromatic carbocycles. The molecule has 2 aliphatic rings. The topological polar surface area (TPSA) is 57.2 Å². The monoisotopic (exact) mass is 232 g/mol.